The number of phenols is 12. The minimum atomic E-state index is -0.494. The summed E-state index contributed by atoms with van der Waals surface area (Å²) in [5, 5.41) is 161. The van der Waals surface area contributed by atoms with E-state index in [2.05, 4.69) is 68.7 Å². The van der Waals surface area contributed by atoms with Crippen molar-refractivity contribution in [2.45, 2.75) is 126 Å². The molecule has 0 aliphatic heterocycles. The van der Waals surface area contributed by atoms with Crippen LogP contribution < -0.4 is 31.9 Å². The monoisotopic (exact) mass is 1770 g/mol. The van der Waals surface area contributed by atoms with Crippen LogP contribution in [0.25, 0.3) is 67.5 Å². The molecule has 0 fully saturated rings. The fourth-order valence-electron chi connectivity index (χ4n) is 10.0. The average molecular weight is 1770 g/mol. The Labute approximate surface area is 719 Å². The molecule has 0 aliphatic rings. The van der Waals surface area contributed by atoms with Gasteiger partial charge >= 0.3 is 0 Å². The van der Waals surface area contributed by atoms with E-state index in [-0.39, 0.29) is 130 Å². The minimum absolute atomic E-state index is 0.00270. The van der Waals surface area contributed by atoms with Crippen LogP contribution in [0.3, 0.4) is 0 Å². The summed E-state index contributed by atoms with van der Waals surface area (Å²) < 4.78 is 0. The molecule has 0 aliphatic carbocycles. The highest BCUT2D eigenvalue weighted by Crippen LogP contribution is 2.40. The zero-order valence-electron chi connectivity index (χ0n) is 66.7. The first kappa shape index (κ1) is 95.6. The van der Waals surface area contributed by atoms with Crippen LogP contribution in [0.5, 0.6) is 69.0 Å². The molecule has 121 heavy (non-hydrogen) atoms. The van der Waals surface area contributed by atoms with Gasteiger partial charge in [0.1, 0.15) is 69.0 Å². The molecule has 12 rings (SSSR count). The summed E-state index contributed by atoms with van der Waals surface area (Å²) in [5.74, 6) is -1.30. The van der Waals surface area contributed by atoms with Gasteiger partial charge in [0.25, 0.3) is 0 Å². The summed E-state index contributed by atoms with van der Waals surface area (Å²) in [6, 6.07) is 25.7. The number of benzene rings is 6. The van der Waals surface area contributed by atoms with Gasteiger partial charge in [0.05, 0.1) is 47.2 Å². The number of phenolic OH excluding ortho intramolecular Hbond substituents is 12. The van der Waals surface area contributed by atoms with Crippen molar-refractivity contribution in [1.82, 2.24) is 29.9 Å². The Kier molecular flexibility index (Phi) is 37.4. The highest BCUT2D eigenvalue weighted by molar-refractivity contribution is 7.15. The van der Waals surface area contributed by atoms with Gasteiger partial charge in [-0.25, -0.2) is 29.9 Å². The number of aliphatic hydroxyl groups is 2. The Bertz CT molecular complexity index is 5210. The molecule has 6 aromatic carbocycles. The number of thiazole rings is 6. The second kappa shape index (κ2) is 47.3. The van der Waals surface area contributed by atoms with Crippen molar-refractivity contribution in [1.29, 1.82) is 0 Å². The van der Waals surface area contributed by atoms with Crippen LogP contribution in [0.1, 0.15) is 126 Å². The second-order valence-corrected chi connectivity index (χ2v) is 32.7. The Balaban J connectivity index is 0.000000200. The van der Waals surface area contributed by atoms with E-state index in [1.165, 1.54) is 141 Å². The number of carbonyl (C=O) groups is 6. The van der Waals surface area contributed by atoms with E-state index in [9.17, 15) is 90.0 Å². The number of nitrogens with one attached hydrogen (secondary N) is 6. The molecule has 12 aromatic rings. The number of unbranched alkanes of at least 4 members (excludes halogenated alkanes) is 5. The fourth-order valence-corrected chi connectivity index (χ4v) is 14.4. The summed E-state index contributed by atoms with van der Waals surface area (Å²) >= 11 is 7.66. The first-order valence-corrected chi connectivity index (χ1v) is 42.8. The van der Waals surface area contributed by atoms with Crippen LogP contribution in [0, 0.1) is 11.3 Å². The summed E-state index contributed by atoms with van der Waals surface area (Å²) in [6.07, 6.45) is 8.63. The predicted molar refractivity (Wildman–Crippen MR) is 472 cm³/mol. The van der Waals surface area contributed by atoms with E-state index < -0.39 is 5.41 Å². The number of nitrogens with zero attached hydrogens (tertiary/aromatic N) is 6. The summed E-state index contributed by atoms with van der Waals surface area (Å²) in [7, 11) is 0. The van der Waals surface area contributed by atoms with Crippen LogP contribution in [0.4, 0.5) is 30.8 Å². The number of aromatic hydroxyl groups is 12. The first-order chi connectivity index (χ1) is 57.6. The molecule has 0 saturated carbocycles. The van der Waals surface area contributed by atoms with E-state index in [4.69, 9.17) is 10.2 Å². The lowest BCUT2D eigenvalue weighted by atomic mass is 9.96. The number of hydrogen-bond donors (Lipinski definition) is 20. The smallest absolute Gasteiger partial charge is 0.231 e. The molecule has 0 atom stereocenters. The molecule has 0 unspecified atom stereocenters. The number of amides is 6. The van der Waals surface area contributed by atoms with Crippen LogP contribution >= 0.6 is 68.0 Å². The molecule has 6 heterocycles. The van der Waals surface area contributed by atoms with Gasteiger partial charge in [-0.2, -0.15) is 0 Å². The number of aliphatic hydroxyl groups excluding tert-OH is 2. The predicted octanol–water partition coefficient (Wildman–Crippen LogP) is 17.4. The molecule has 0 bridgehead atoms. The van der Waals surface area contributed by atoms with E-state index in [1.807, 2.05) is 27.7 Å². The van der Waals surface area contributed by atoms with Gasteiger partial charge in [0.2, 0.25) is 35.4 Å². The molecule has 642 valence electrons. The van der Waals surface area contributed by atoms with Crippen molar-refractivity contribution in [3.8, 4) is 137 Å². The third kappa shape index (κ3) is 31.3. The van der Waals surface area contributed by atoms with Gasteiger partial charge in [0.15, 0.2) is 30.8 Å². The number of carbonyl (C=O) groups excluding carboxylic acids is 6. The molecular weight excluding hydrogens is 1680 g/mol. The van der Waals surface area contributed by atoms with Crippen molar-refractivity contribution in [2.24, 2.45) is 11.3 Å². The summed E-state index contributed by atoms with van der Waals surface area (Å²) in [5.41, 5.74) is 5.83. The molecule has 20 N–H and O–H groups in total. The number of hydrogen-bond acceptors (Lipinski definition) is 32. The number of anilines is 6. The topological polar surface area (TPSA) is 535 Å². The van der Waals surface area contributed by atoms with Crippen molar-refractivity contribution in [3.63, 3.8) is 0 Å². The van der Waals surface area contributed by atoms with Crippen molar-refractivity contribution in [2.75, 3.05) is 45.1 Å². The lowest BCUT2D eigenvalue weighted by Gasteiger charge is -2.15. The molecular formula is C83H94N12O20S6. The van der Waals surface area contributed by atoms with Gasteiger partial charge in [0, 0.05) is 139 Å². The fraction of sp³-hybridized carbons (Fsp3) is 0.277. The molecule has 32 nitrogen and oxygen atoms in total. The lowest BCUT2D eigenvalue weighted by Crippen LogP contribution is -2.27. The average Bonchev–Trinajstić information content (AvgIpc) is 1.74. The Hall–Kier alpha value is -12.6. The van der Waals surface area contributed by atoms with Gasteiger partial charge in [-0.3, -0.25) is 28.8 Å². The van der Waals surface area contributed by atoms with Gasteiger partial charge in [-0.05, 0) is 98.5 Å². The Morgan fingerprint density at radius 1 is 0.314 bits per heavy atom. The number of aromatic nitrogens is 6. The SMILES string of the molecule is CC(C)(C)C(=O)Nc1nc(-c2ccc(O)cc2O)cs1.CC(C)C(=O)Nc1nc(-c2ccc(O)cc2O)cs1.CCCC(=O)Nc1nc(-c2ccc(O)cc2O)cs1.CCCCCCC(=O)Nc1nc(-c2ccc(O)cc2O)cs1.O=C(CCCCCO)Nc1nc(-c2ccc(O)cc2O)cs1.O=C(CCO)Nc1nc(-c2ccc(O)cc2O)cs1. The number of rotatable bonds is 27. The zero-order valence-corrected chi connectivity index (χ0v) is 71.6. The third-order valence-electron chi connectivity index (χ3n) is 16.3. The Morgan fingerprint density at radius 2 is 0.562 bits per heavy atom. The van der Waals surface area contributed by atoms with E-state index in [0.717, 1.165) is 44.9 Å². The van der Waals surface area contributed by atoms with Crippen LogP contribution in [0.15, 0.2) is 141 Å². The highest BCUT2D eigenvalue weighted by Gasteiger charge is 2.24. The van der Waals surface area contributed by atoms with Crippen LogP contribution in [-0.2, 0) is 28.8 Å². The summed E-state index contributed by atoms with van der Waals surface area (Å²) in [6.45, 7) is 13.1. The maximum atomic E-state index is 11.9. The molecule has 6 amide bonds. The molecule has 0 saturated heterocycles. The lowest BCUT2D eigenvalue weighted by molar-refractivity contribution is -0.123. The Morgan fingerprint density at radius 3 is 0.793 bits per heavy atom. The largest absolute Gasteiger partial charge is 0.508 e. The van der Waals surface area contributed by atoms with Crippen LogP contribution in [0.2, 0.25) is 0 Å². The zero-order chi connectivity index (χ0) is 88.5. The maximum Gasteiger partial charge on any atom is 0.231 e. The van der Waals surface area contributed by atoms with Crippen molar-refractivity contribution >= 4 is 134 Å². The van der Waals surface area contributed by atoms with Gasteiger partial charge < -0.3 is 103 Å². The van der Waals surface area contributed by atoms with E-state index >= 15 is 0 Å². The normalized spacial score (nSPS) is 10.7. The second-order valence-electron chi connectivity index (χ2n) is 27.5. The van der Waals surface area contributed by atoms with E-state index in [1.54, 1.807) is 82.5 Å². The van der Waals surface area contributed by atoms with Crippen molar-refractivity contribution < 1.29 is 100 Å². The van der Waals surface area contributed by atoms with Crippen LogP contribution in [-0.4, -0.2) is 150 Å². The highest BCUT2D eigenvalue weighted by atomic mass is 32.1. The molecule has 38 heteroatoms. The van der Waals surface area contributed by atoms with Gasteiger partial charge in [-0.1, -0.05) is 74.1 Å². The standard InChI is InChI=1S/C16H20N2O3S.C15H18N2O4S.C14H16N2O3S.2C13H14N2O3S.C12H12N2O4S/c1-2-3-4-5-6-15(21)18-16-17-13(10-22-16)12-8-7-11(19)9-14(12)20;18-7-3-1-2-4-14(21)17-15-16-12(9-22-15)11-6-5-10(19)8-13(11)20;1-14(2,3)12(19)16-13-15-10(7-20-13)9-5-4-8(17)6-11(9)18;1-7(2)12(18)15-13-14-10(6-19-13)9-4-3-8(16)5-11(9)17;1-2-3-12(18)15-13-14-10(7-19-13)9-5-4-8(16)6-11(9)17;15-4-3-11(18)14-12-13-9(6-19-12)8-2-1-7(16)5-10(8)17/h7-10,19-20H,2-6H2,1H3,(H,17,18,21);5-6,8-9,18-20H,1-4,7H2,(H,16,17,21);4-7,17-18H,1-3H3,(H,15,16,19);3-7,16-17H,1-2H3,(H,14,15,18);4-7,16-17H,2-3H2,1H3,(H,14,15,18);1-2,5-6,15-17H,3-4H2,(H,13,14,18). The van der Waals surface area contributed by atoms with Gasteiger partial charge in [-0.15, -0.1) is 68.0 Å². The quantitative estimate of drug-likeness (QED) is 0.0213. The maximum absolute atomic E-state index is 11.9. The first-order valence-electron chi connectivity index (χ1n) is 37.5. The summed E-state index contributed by atoms with van der Waals surface area (Å²) in [4.78, 5) is 95.1. The molecule has 0 spiro atoms. The third-order valence-corrected chi connectivity index (χ3v) is 20.9. The van der Waals surface area contributed by atoms with E-state index in [0.29, 0.717) is 124 Å². The molecule has 6 aromatic heterocycles. The van der Waals surface area contributed by atoms with Crippen molar-refractivity contribution in [3.05, 3.63) is 141 Å². The minimum Gasteiger partial charge on any atom is -0.508 e. The molecule has 0 radical (unpaired) electrons.